The Morgan fingerprint density at radius 2 is 1.85 bits per heavy atom. The summed E-state index contributed by atoms with van der Waals surface area (Å²) < 4.78 is 12.0. The number of nitrogens with one attached hydrogen (secondary N) is 1. The van der Waals surface area contributed by atoms with Crippen LogP contribution in [0.1, 0.15) is 30.9 Å². The van der Waals surface area contributed by atoms with E-state index in [2.05, 4.69) is 22.4 Å². The number of amidine groups is 1. The first-order valence-corrected chi connectivity index (χ1v) is 9.29. The van der Waals surface area contributed by atoms with E-state index in [9.17, 15) is 10.5 Å². The number of ether oxygens (including phenoxy) is 2. The van der Waals surface area contributed by atoms with Crippen molar-refractivity contribution in [3.8, 4) is 12.1 Å². The van der Waals surface area contributed by atoms with Gasteiger partial charge in [0.2, 0.25) is 10.8 Å². The van der Waals surface area contributed by atoms with E-state index in [4.69, 9.17) is 15.2 Å². The third-order valence-electron chi connectivity index (χ3n) is 6.55. The number of quaternary nitrogens is 1. The SMILES string of the molecule is N#C[C@@]12C(N)=[NH+]C3(OCCO3)[C@]1(C#N)C1=C(CCC1)[NH2+][C@H]2c1ccccc1. The number of hydrogen-bond acceptors (Lipinski definition) is 5. The third-order valence-corrected chi connectivity index (χ3v) is 6.55. The van der Waals surface area contributed by atoms with Gasteiger partial charge in [-0.3, -0.25) is 5.73 Å². The molecule has 0 saturated carbocycles. The molecule has 7 nitrogen and oxygen atoms in total. The van der Waals surface area contributed by atoms with Gasteiger partial charge in [-0.2, -0.15) is 10.5 Å². The fraction of sp³-hybridized carbons (Fsp3) is 0.450. The van der Waals surface area contributed by atoms with Crippen molar-refractivity contribution >= 4 is 5.84 Å². The summed E-state index contributed by atoms with van der Waals surface area (Å²) in [6.45, 7) is 0.709. The molecule has 4 aliphatic rings. The number of hydrogen-bond donors (Lipinski definition) is 3. The van der Waals surface area contributed by atoms with Crippen LogP contribution in [0.15, 0.2) is 41.6 Å². The van der Waals surface area contributed by atoms with Gasteiger partial charge in [0, 0.05) is 17.6 Å². The monoisotopic (exact) mass is 363 g/mol. The fourth-order valence-electron chi connectivity index (χ4n) is 5.52. The summed E-state index contributed by atoms with van der Waals surface area (Å²) in [5.41, 5.74) is 6.88. The quantitative estimate of drug-likeness (QED) is 0.585. The van der Waals surface area contributed by atoms with E-state index in [1.807, 2.05) is 30.3 Å². The molecule has 1 fully saturated rings. The topological polar surface area (TPSA) is 123 Å². The summed E-state index contributed by atoms with van der Waals surface area (Å²) >= 11 is 0. The van der Waals surface area contributed by atoms with Gasteiger partial charge in [0.25, 0.3) is 5.84 Å². The van der Waals surface area contributed by atoms with Crippen molar-refractivity contribution in [3.63, 3.8) is 0 Å². The Morgan fingerprint density at radius 1 is 1.11 bits per heavy atom. The summed E-state index contributed by atoms with van der Waals surface area (Å²) in [4.78, 5) is 3.12. The number of allylic oxidation sites excluding steroid dienone is 1. The Bertz CT molecular complexity index is 951. The van der Waals surface area contributed by atoms with Crippen LogP contribution >= 0.6 is 0 Å². The smallest absolute Gasteiger partial charge is 0.311 e. The Morgan fingerprint density at radius 3 is 2.52 bits per heavy atom. The molecule has 1 spiro atoms. The number of benzene rings is 1. The van der Waals surface area contributed by atoms with Crippen LogP contribution in [0.3, 0.4) is 0 Å². The van der Waals surface area contributed by atoms with Crippen LogP contribution in [-0.2, 0) is 9.47 Å². The largest absolute Gasteiger partial charge is 0.347 e. The van der Waals surface area contributed by atoms with Gasteiger partial charge in [0.15, 0.2) is 0 Å². The fourth-order valence-corrected chi connectivity index (χ4v) is 5.52. The molecule has 3 aliphatic heterocycles. The lowest BCUT2D eigenvalue weighted by molar-refractivity contribution is -0.691. The van der Waals surface area contributed by atoms with Crippen molar-refractivity contribution < 1.29 is 19.8 Å². The standard InChI is InChI=1S/C20H19N5O2/c21-11-18-16(13-5-2-1-3-6-13)24-15-8-4-7-14(15)19(18,12-22)20(25-17(18)23)26-9-10-27-20/h1-3,5-6,16,24H,4,7-10H2,(H2,23,25)/p+2/t16-,18+,19+/m0/s1. The van der Waals surface area contributed by atoms with E-state index in [1.54, 1.807) is 0 Å². The maximum atomic E-state index is 10.6. The predicted molar refractivity (Wildman–Crippen MR) is 92.9 cm³/mol. The first-order chi connectivity index (χ1) is 13.1. The molecule has 0 unspecified atom stereocenters. The second kappa shape index (κ2) is 5.40. The number of nitriles is 2. The van der Waals surface area contributed by atoms with Crippen LogP contribution < -0.4 is 16.0 Å². The molecule has 27 heavy (non-hydrogen) atoms. The summed E-state index contributed by atoms with van der Waals surface area (Å²) in [5, 5.41) is 23.2. The van der Waals surface area contributed by atoms with Gasteiger partial charge in [-0.15, -0.1) is 0 Å². The molecule has 3 atom stereocenters. The molecule has 0 aromatic heterocycles. The highest BCUT2D eigenvalue weighted by atomic mass is 16.8. The Labute approximate surface area is 157 Å². The number of nitrogens with zero attached hydrogens (tertiary/aromatic N) is 2. The minimum atomic E-state index is -1.41. The zero-order valence-electron chi connectivity index (χ0n) is 14.9. The molecule has 1 saturated heterocycles. The number of nitrogens with two attached hydrogens (primary N) is 2. The van der Waals surface area contributed by atoms with Gasteiger partial charge in [0.1, 0.15) is 11.7 Å². The molecule has 1 aromatic carbocycles. The third kappa shape index (κ3) is 1.68. The lowest BCUT2D eigenvalue weighted by Gasteiger charge is -2.45. The Hall–Kier alpha value is -2.71. The normalized spacial score (nSPS) is 36.1. The molecule has 0 bridgehead atoms. The first-order valence-electron chi connectivity index (χ1n) is 9.29. The molecule has 3 heterocycles. The van der Waals surface area contributed by atoms with E-state index >= 15 is 0 Å². The molecule has 5 N–H and O–H groups in total. The van der Waals surface area contributed by atoms with Gasteiger partial charge in [0.05, 0.1) is 25.4 Å². The van der Waals surface area contributed by atoms with Gasteiger partial charge in [-0.25, -0.2) is 4.99 Å². The second-order valence-corrected chi connectivity index (χ2v) is 7.55. The molecular weight excluding hydrogens is 342 g/mol. The van der Waals surface area contributed by atoms with Gasteiger partial charge in [-0.05, 0) is 12.8 Å². The Kier molecular flexibility index (Phi) is 3.29. The van der Waals surface area contributed by atoms with Gasteiger partial charge in [-0.1, -0.05) is 30.3 Å². The molecular formula is C20H21N5O2+2. The molecule has 7 heteroatoms. The minimum absolute atomic E-state index is 0.247. The zero-order valence-corrected chi connectivity index (χ0v) is 14.9. The van der Waals surface area contributed by atoms with Crippen molar-refractivity contribution in [2.24, 2.45) is 16.6 Å². The minimum Gasteiger partial charge on any atom is -0.311 e. The average molecular weight is 363 g/mol. The number of fused-ring (bicyclic) bond motifs is 3. The maximum absolute atomic E-state index is 10.6. The Balaban J connectivity index is 1.85. The van der Waals surface area contributed by atoms with Crippen LogP contribution in [0.2, 0.25) is 0 Å². The number of rotatable bonds is 1. The first kappa shape index (κ1) is 16.5. The van der Waals surface area contributed by atoms with Crippen molar-refractivity contribution in [2.75, 3.05) is 13.2 Å². The second-order valence-electron chi connectivity index (χ2n) is 7.55. The highest BCUT2D eigenvalue weighted by Gasteiger charge is 2.85. The van der Waals surface area contributed by atoms with E-state index in [-0.39, 0.29) is 11.9 Å². The van der Waals surface area contributed by atoms with E-state index in [0.29, 0.717) is 13.2 Å². The summed E-state index contributed by atoms with van der Waals surface area (Å²) in [6, 6.07) is 14.4. The lowest BCUT2D eigenvalue weighted by atomic mass is 9.53. The highest BCUT2D eigenvalue weighted by Crippen LogP contribution is 2.62. The van der Waals surface area contributed by atoms with Crippen LogP contribution in [0.4, 0.5) is 0 Å². The van der Waals surface area contributed by atoms with Crippen molar-refractivity contribution in [1.82, 2.24) is 0 Å². The van der Waals surface area contributed by atoms with Crippen molar-refractivity contribution in [2.45, 2.75) is 31.2 Å². The maximum Gasteiger partial charge on any atom is 0.347 e. The zero-order chi connectivity index (χ0) is 18.7. The molecule has 1 aliphatic carbocycles. The molecule has 0 radical (unpaired) electrons. The van der Waals surface area contributed by atoms with E-state index in [0.717, 1.165) is 36.1 Å². The van der Waals surface area contributed by atoms with Crippen LogP contribution in [0.25, 0.3) is 0 Å². The highest BCUT2D eigenvalue weighted by molar-refractivity contribution is 5.90. The van der Waals surface area contributed by atoms with Crippen molar-refractivity contribution in [3.05, 3.63) is 47.2 Å². The van der Waals surface area contributed by atoms with Crippen LogP contribution in [0.5, 0.6) is 0 Å². The molecule has 0 amide bonds. The molecule has 5 rings (SSSR count). The lowest BCUT2D eigenvalue weighted by Crippen LogP contribution is -2.91. The van der Waals surface area contributed by atoms with Gasteiger partial charge >= 0.3 is 5.91 Å². The predicted octanol–water partition coefficient (Wildman–Crippen LogP) is -1.09. The van der Waals surface area contributed by atoms with E-state index in [1.165, 1.54) is 0 Å². The summed E-state index contributed by atoms with van der Waals surface area (Å²) in [5.74, 6) is -1.16. The average Bonchev–Trinajstić information content (AvgIpc) is 3.40. The van der Waals surface area contributed by atoms with Crippen LogP contribution in [-0.4, -0.2) is 25.0 Å². The molecule has 136 valence electrons. The summed E-state index contributed by atoms with van der Waals surface area (Å²) in [6.07, 6.45) is 2.58. The van der Waals surface area contributed by atoms with E-state index < -0.39 is 16.7 Å². The van der Waals surface area contributed by atoms with Crippen molar-refractivity contribution in [1.29, 1.82) is 10.5 Å². The van der Waals surface area contributed by atoms with Crippen LogP contribution in [0, 0.1) is 33.5 Å². The van der Waals surface area contributed by atoms with Gasteiger partial charge < -0.3 is 14.8 Å². The summed E-state index contributed by atoms with van der Waals surface area (Å²) in [7, 11) is 0. The molecule has 1 aromatic rings.